The number of benzene rings is 1. The van der Waals surface area contributed by atoms with Crippen molar-refractivity contribution in [3.8, 4) is 17.2 Å². The van der Waals surface area contributed by atoms with Gasteiger partial charge in [-0.3, -0.25) is 0 Å². The van der Waals surface area contributed by atoms with Gasteiger partial charge >= 0.3 is 0 Å². The maximum atomic E-state index is 9.56. The van der Waals surface area contributed by atoms with Gasteiger partial charge in [-0.2, -0.15) is 0 Å². The van der Waals surface area contributed by atoms with E-state index in [1.807, 2.05) is 39.0 Å². The predicted octanol–water partition coefficient (Wildman–Crippen LogP) is 1.83. The van der Waals surface area contributed by atoms with Gasteiger partial charge in [-0.25, -0.2) is 0 Å². The Morgan fingerprint density at radius 3 is 2.15 bits per heavy atom. The number of nitrogens with one attached hydrogen (secondary N) is 1. The van der Waals surface area contributed by atoms with E-state index in [9.17, 15) is 5.11 Å². The average Bonchev–Trinajstić information content (AvgIpc) is 2.43. The standard InChI is InChI=1S/C15H25NO4/c1-11(2)16-15(3,9-17)10-20-14-12(18-4)7-6-8-13(14)19-5/h6-8,11,16-17H,9-10H2,1-5H3. The maximum absolute atomic E-state index is 9.56. The minimum absolute atomic E-state index is 0.0252. The van der Waals surface area contributed by atoms with E-state index in [2.05, 4.69) is 5.32 Å². The van der Waals surface area contributed by atoms with Crippen LogP contribution in [0.1, 0.15) is 20.8 Å². The Morgan fingerprint density at radius 1 is 1.20 bits per heavy atom. The number of aliphatic hydroxyl groups is 1. The molecule has 0 heterocycles. The molecule has 0 saturated heterocycles. The van der Waals surface area contributed by atoms with Crippen LogP contribution in [0.3, 0.4) is 0 Å². The zero-order valence-electron chi connectivity index (χ0n) is 12.9. The molecule has 5 nitrogen and oxygen atoms in total. The van der Waals surface area contributed by atoms with E-state index in [-0.39, 0.29) is 12.6 Å². The summed E-state index contributed by atoms with van der Waals surface area (Å²) in [6, 6.07) is 5.70. The van der Waals surface area contributed by atoms with Gasteiger partial charge < -0.3 is 24.6 Å². The number of methoxy groups -OCH3 is 2. The zero-order valence-corrected chi connectivity index (χ0v) is 12.9. The number of hydrogen-bond donors (Lipinski definition) is 2. The maximum Gasteiger partial charge on any atom is 0.203 e. The highest BCUT2D eigenvalue weighted by Gasteiger charge is 2.26. The lowest BCUT2D eigenvalue weighted by atomic mass is 10.0. The van der Waals surface area contributed by atoms with Gasteiger partial charge in [0.1, 0.15) is 6.61 Å². The van der Waals surface area contributed by atoms with Crippen molar-refractivity contribution in [2.45, 2.75) is 32.4 Å². The van der Waals surface area contributed by atoms with Gasteiger partial charge in [0, 0.05) is 6.04 Å². The number of hydrogen-bond acceptors (Lipinski definition) is 5. The monoisotopic (exact) mass is 283 g/mol. The highest BCUT2D eigenvalue weighted by molar-refractivity contribution is 5.51. The minimum atomic E-state index is -0.528. The molecule has 20 heavy (non-hydrogen) atoms. The summed E-state index contributed by atoms with van der Waals surface area (Å²) in [5.41, 5.74) is -0.528. The molecule has 1 aromatic carbocycles. The van der Waals surface area contributed by atoms with E-state index in [0.29, 0.717) is 23.9 Å². The lowest BCUT2D eigenvalue weighted by Crippen LogP contribution is -2.53. The van der Waals surface area contributed by atoms with Gasteiger partial charge in [-0.1, -0.05) is 19.9 Å². The van der Waals surface area contributed by atoms with E-state index in [1.54, 1.807) is 14.2 Å². The number of rotatable bonds is 8. The smallest absolute Gasteiger partial charge is 0.203 e. The summed E-state index contributed by atoms with van der Waals surface area (Å²) in [7, 11) is 3.17. The molecule has 0 amide bonds. The molecule has 0 saturated carbocycles. The van der Waals surface area contributed by atoms with E-state index in [4.69, 9.17) is 14.2 Å². The van der Waals surface area contributed by atoms with Crippen LogP contribution in [0.4, 0.5) is 0 Å². The van der Waals surface area contributed by atoms with Crippen LogP contribution < -0.4 is 19.5 Å². The summed E-state index contributed by atoms with van der Waals surface area (Å²) in [6.07, 6.45) is 0. The molecule has 0 spiro atoms. The van der Waals surface area contributed by atoms with Crippen LogP contribution in [-0.4, -0.2) is 44.1 Å². The zero-order chi connectivity index (χ0) is 15.2. The highest BCUT2D eigenvalue weighted by Crippen LogP contribution is 2.37. The van der Waals surface area contributed by atoms with Gasteiger partial charge in [0.15, 0.2) is 11.5 Å². The normalized spacial score (nSPS) is 13.9. The van der Waals surface area contributed by atoms with Crippen molar-refractivity contribution in [3.63, 3.8) is 0 Å². The van der Waals surface area contributed by atoms with Crippen molar-refractivity contribution in [1.82, 2.24) is 5.32 Å². The number of ether oxygens (including phenoxy) is 3. The van der Waals surface area contributed by atoms with Gasteiger partial charge in [0.05, 0.1) is 26.4 Å². The first-order valence-corrected chi connectivity index (χ1v) is 6.68. The lowest BCUT2D eigenvalue weighted by Gasteiger charge is -2.31. The largest absolute Gasteiger partial charge is 0.493 e. The van der Waals surface area contributed by atoms with Crippen molar-refractivity contribution in [2.24, 2.45) is 0 Å². The summed E-state index contributed by atoms with van der Waals surface area (Å²) in [4.78, 5) is 0. The molecule has 1 atom stereocenters. The van der Waals surface area contributed by atoms with Gasteiger partial charge in [0.25, 0.3) is 0 Å². The molecule has 1 rings (SSSR count). The van der Waals surface area contributed by atoms with Crippen molar-refractivity contribution in [2.75, 3.05) is 27.4 Å². The van der Waals surface area contributed by atoms with E-state index in [0.717, 1.165) is 0 Å². The van der Waals surface area contributed by atoms with Crippen LogP contribution in [0, 0.1) is 0 Å². The molecule has 5 heteroatoms. The molecule has 2 N–H and O–H groups in total. The molecule has 0 aliphatic heterocycles. The summed E-state index contributed by atoms with van der Waals surface area (Å²) >= 11 is 0. The molecular weight excluding hydrogens is 258 g/mol. The molecule has 0 fully saturated rings. The SMILES string of the molecule is COc1cccc(OC)c1OCC(C)(CO)NC(C)C. The molecule has 0 aromatic heterocycles. The number of aliphatic hydroxyl groups excluding tert-OH is 1. The molecule has 0 aliphatic rings. The van der Waals surface area contributed by atoms with Crippen LogP contribution in [0.25, 0.3) is 0 Å². The second kappa shape index (κ2) is 7.36. The lowest BCUT2D eigenvalue weighted by molar-refractivity contribution is 0.105. The summed E-state index contributed by atoms with van der Waals surface area (Å²) in [5, 5.41) is 12.9. The molecule has 114 valence electrons. The Hall–Kier alpha value is -1.46. The average molecular weight is 283 g/mol. The highest BCUT2D eigenvalue weighted by atomic mass is 16.5. The first kappa shape index (κ1) is 16.6. The second-order valence-corrected chi connectivity index (χ2v) is 5.30. The topological polar surface area (TPSA) is 60.0 Å². The van der Waals surface area contributed by atoms with Gasteiger partial charge in [-0.15, -0.1) is 0 Å². The quantitative estimate of drug-likeness (QED) is 0.762. The molecular formula is C15H25NO4. The van der Waals surface area contributed by atoms with E-state index >= 15 is 0 Å². The predicted molar refractivity (Wildman–Crippen MR) is 78.8 cm³/mol. The Balaban J connectivity index is 2.87. The minimum Gasteiger partial charge on any atom is -0.493 e. The van der Waals surface area contributed by atoms with Crippen molar-refractivity contribution in [3.05, 3.63) is 18.2 Å². The van der Waals surface area contributed by atoms with E-state index < -0.39 is 5.54 Å². The Morgan fingerprint density at radius 2 is 1.75 bits per heavy atom. The fourth-order valence-corrected chi connectivity index (χ4v) is 2.02. The van der Waals surface area contributed by atoms with Crippen molar-refractivity contribution < 1.29 is 19.3 Å². The third kappa shape index (κ3) is 4.28. The van der Waals surface area contributed by atoms with Crippen LogP contribution in [0.2, 0.25) is 0 Å². The molecule has 1 aromatic rings. The molecule has 0 radical (unpaired) electrons. The van der Waals surface area contributed by atoms with Crippen LogP contribution in [-0.2, 0) is 0 Å². The van der Waals surface area contributed by atoms with Crippen LogP contribution in [0.15, 0.2) is 18.2 Å². The third-order valence-electron chi connectivity index (χ3n) is 2.90. The Kier molecular flexibility index (Phi) is 6.10. The Labute approximate surface area is 120 Å². The van der Waals surface area contributed by atoms with Crippen molar-refractivity contribution in [1.29, 1.82) is 0 Å². The summed E-state index contributed by atoms with van der Waals surface area (Å²) in [6.45, 7) is 6.24. The molecule has 0 bridgehead atoms. The Bertz CT molecular complexity index is 400. The third-order valence-corrected chi connectivity index (χ3v) is 2.90. The van der Waals surface area contributed by atoms with Gasteiger partial charge in [0.2, 0.25) is 5.75 Å². The first-order chi connectivity index (χ1) is 9.45. The second-order valence-electron chi connectivity index (χ2n) is 5.30. The van der Waals surface area contributed by atoms with Crippen molar-refractivity contribution >= 4 is 0 Å². The van der Waals surface area contributed by atoms with Gasteiger partial charge in [-0.05, 0) is 19.1 Å². The summed E-state index contributed by atoms with van der Waals surface area (Å²) in [5.74, 6) is 1.76. The number of para-hydroxylation sites is 1. The summed E-state index contributed by atoms with van der Waals surface area (Å²) < 4.78 is 16.4. The molecule has 1 unspecified atom stereocenters. The fourth-order valence-electron chi connectivity index (χ4n) is 2.02. The van der Waals surface area contributed by atoms with Crippen LogP contribution >= 0.6 is 0 Å². The molecule has 0 aliphatic carbocycles. The fraction of sp³-hybridized carbons (Fsp3) is 0.600. The van der Waals surface area contributed by atoms with E-state index in [1.165, 1.54) is 0 Å². The first-order valence-electron chi connectivity index (χ1n) is 6.68. The van der Waals surface area contributed by atoms with Crippen LogP contribution in [0.5, 0.6) is 17.2 Å².